The van der Waals surface area contributed by atoms with Gasteiger partial charge >= 0.3 is 0 Å². The van der Waals surface area contributed by atoms with Gasteiger partial charge in [-0.2, -0.15) is 0 Å². The van der Waals surface area contributed by atoms with Crippen LogP contribution < -0.4 is 5.56 Å². The summed E-state index contributed by atoms with van der Waals surface area (Å²) in [5.74, 6) is 0.495. The van der Waals surface area contributed by atoms with Crippen LogP contribution in [0, 0.1) is 6.92 Å². The van der Waals surface area contributed by atoms with Crippen molar-refractivity contribution in [1.82, 2.24) is 15.0 Å². The number of pyridine rings is 1. The van der Waals surface area contributed by atoms with Crippen LogP contribution in [0.15, 0.2) is 47.5 Å². The number of nitrogens with one attached hydrogen (secondary N) is 1. The van der Waals surface area contributed by atoms with Gasteiger partial charge in [0.15, 0.2) is 0 Å². The van der Waals surface area contributed by atoms with E-state index in [0.29, 0.717) is 33.5 Å². The number of hydrogen-bond donors (Lipinski definition) is 1. The van der Waals surface area contributed by atoms with Gasteiger partial charge < -0.3 is 4.98 Å². The molecular formula is C17H13Cl2N3O. The number of aryl methyl sites for hydroxylation is 1. The molecule has 0 unspecified atom stereocenters. The molecule has 0 saturated carbocycles. The monoisotopic (exact) mass is 345 g/mol. The van der Waals surface area contributed by atoms with Gasteiger partial charge in [-0.3, -0.25) is 9.78 Å². The summed E-state index contributed by atoms with van der Waals surface area (Å²) in [4.78, 5) is 23.8. The summed E-state index contributed by atoms with van der Waals surface area (Å²) in [6.07, 6.45) is 3.66. The summed E-state index contributed by atoms with van der Waals surface area (Å²) in [7, 11) is 0. The fourth-order valence-corrected chi connectivity index (χ4v) is 2.87. The highest BCUT2D eigenvalue weighted by atomic mass is 35.5. The van der Waals surface area contributed by atoms with Crippen LogP contribution in [0.4, 0.5) is 0 Å². The van der Waals surface area contributed by atoms with Gasteiger partial charge in [-0.05, 0) is 36.8 Å². The van der Waals surface area contributed by atoms with E-state index in [1.165, 1.54) is 0 Å². The predicted octanol–water partition coefficient (Wildman–Crippen LogP) is 4.04. The molecule has 0 spiro atoms. The molecule has 2 aromatic heterocycles. The Hall–Kier alpha value is -2.17. The lowest BCUT2D eigenvalue weighted by Gasteiger charge is -2.10. The van der Waals surface area contributed by atoms with E-state index in [0.717, 1.165) is 11.1 Å². The van der Waals surface area contributed by atoms with E-state index >= 15 is 0 Å². The number of rotatable bonds is 3. The zero-order chi connectivity index (χ0) is 16.4. The number of hydrogen-bond acceptors (Lipinski definition) is 3. The molecule has 0 aliphatic heterocycles. The van der Waals surface area contributed by atoms with Crippen molar-refractivity contribution in [3.8, 4) is 11.4 Å². The molecule has 23 heavy (non-hydrogen) atoms. The van der Waals surface area contributed by atoms with Crippen LogP contribution in [0.2, 0.25) is 10.0 Å². The number of aromatic nitrogens is 3. The maximum Gasteiger partial charge on any atom is 0.254 e. The average molecular weight is 346 g/mol. The van der Waals surface area contributed by atoms with Crippen molar-refractivity contribution >= 4 is 23.2 Å². The Bertz CT molecular complexity index is 887. The maximum absolute atomic E-state index is 12.5. The van der Waals surface area contributed by atoms with E-state index in [-0.39, 0.29) is 5.56 Å². The van der Waals surface area contributed by atoms with Crippen molar-refractivity contribution in [1.29, 1.82) is 0 Å². The Labute approximate surface area is 143 Å². The molecule has 0 bridgehead atoms. The quantitative estimate of drug-likeness (QED) is 0.779. The molecular weight excluding hydrogens is 333 g/mol. The summed E-state index contributed by atoms with van der Waals surface area (Å²) < 4.78 is 0. The minimum Gasteiger partial charge on any atom is -0.306 e. The topological polar surface area (TPSA) is 58.6 Å². The van der Waals surface area contributed by atoms with Crippen molar-refractivity contribution < 1.29 is 0 Å². The minimum atomic E-state index is -0.202. The predicted molar refractivity (Wildman–Crippen MR) is 92.1 cm³/mol. The minimum absolute atomic E-state index is 0.202. The van der Waals surface area contributed by atoms with Gasteiger partial charge in [0.1, 0.15) is 5.82 Å². The van der Waals surface area contributed by atoms with E-state index in [2.05, 4.69) is 15.0 Å². The number of H-pyrrole nitrogens is 1. The van der Waals surface area contributed by atoms with Crippen LogP contribution in [0.1, 0.15) is 16.8 Å². The Kier molecular flexibility index (Phi) is 4.46. The van der Waals surface area contributed by atoms with Crippen molar-refractivity contribution in [3.63, 3.8) is 0 Å². The SMILES string of the molecule is Cc1nc(-c2cccnc2)[nH]c(=O)c1Cc1c(Cl)cccc1Cl. The molecule has 116 valence electrons. The van der Waals surface area contributed by atoms with Crippen LogP contribution in [-0.4, -0.2) is 15.0 Å². The molecule has 0 aliphatic carbocycles. The summed E-state index contributed by atoms with van der Waals surface area (Å²) in [5.41, 5.74) is 2.47. The Morgan fingerprint density at radius 1 is 1.09 bits per heavy atom. The van der Waals surface area contributed by atoms with Gasteiger partial charge in [0.05, 0.1) is 0 Å². The third-order valence-corrected chi connectivity index (χ3v) is 4.28. The molecule has 0 saturated heterocycles. The molecule has 0 fully saturated rings. The third-order valence-electron chi connectivity index (χ3n) is 3.57. The van der Waals surface area contributed by atoms with Crippen LogP contribution >= 0.6 is 23.2 Å². The van der Waals surface area contributed by atoms with Crippen LogP contribution in [-0.2, 0) is 6.42 Å². The lowest BCUT2D eigenvalue weighted by molar-refractivity contribution is 0.985. The standard InChI is InChI=1S/C17H13Cl2N3O/c1-10-12(8-13-14(18)5-2-6-15(13)19)17(23)22-16(21-10)11-4-3-7-20-9-11/h2-7,9H,8H2,1H3,(H,21,22,23). The number of aromatic amines is 1. The van der Waals surface area contributed by atoms with Gasteiger partial charge in [0.25, 0.3) is 5.56 Å². The van der Waals surface area contributed by atoms with Crippen molar-refractivity contribution in [2.75, 3.05) is 0 Å². The second-order valence-electron chi connectivity index (χ2n) is 5.10. The summed E-state index contributed by atoms with van der Waals surface area (Å²) in [6, 6.07) is 8.92. The fourth-order valence-electron chi connectivity index (χ4n) is 2.34. The van der Waals surface area contributed by atoms with E-state index in [4.69, 9.17) is 23.2 Å². The van der Waals surface area contributed by atoms with Crippen molar-refractivity contribution in [2.24, 2.45) is 0 Å². The molecule has 6 heteroatoms. The van der Waals surface area contributed by atoms with Gasteiger partial charge in [0.2, 0.25) is 0 Å². The van der Waals surface area contributed by atoms with Crippen LogP contribution in [0.25, 0.3) is 11.4 Å². The molecule has 0 amide bonds. The average Bonchev–Trinajstić information content (AvgIpc) is 2.54. The maximum atomic E-state index is 12.5. The molecule has 0 radical (unpaired) electrons. The highest BCUT2D eigenvalue weighted by Gasteiger charge is 2.14. The second kappa shape index (κ2) is 6.52. The Morgan fingerprint density at radius 2 is 1.83 bits per heavy atom. The van der Waals surface area contributed by atoms with E-state index < -0.39 is 0 Å². The lowest BCUT2D eigenvalue weighted by Crippen LogP contribution is -2.18. The van der Waals surface area contributed by atoms with E-state index in [1.807, 2.05) is 6.07 Å². The number of halogens is 2. The lowest BCUT2D eigenvalue weighted by atomic mass is 10.0. The van der Waals surface area contributed by atoms with Crippen LogP contribution in [0.5, 0.6) is 0 Å². The van der Waals surface area contributed by atoms with Crippen molar-refractivity contribution in [3.05, 3.63) is 79.9 Å². The molecule has 4 nitrogen and oxygen atoms in total. The van der Waals surface area contributed by atoms with Gasteiger partial charge in [-0.1, -0.05) is 29.3 Å². The number of benzene rings is 1. The molecule has 1 aromatic carbocycles. The molecule has 0 atom stereocenters. The molecule has 2 heterocycles. The highest BCUT2D eigenvalue weighted by molar-refractivity contribution is 6.36. The smallest absolute Gasteiger partial charge is 0.254 e. The van der Waals surface area contributed by atoms with Crippen molar-refractivity contribution in [2.45, 2.75) is 13.3 Å². The van der Waals surface area contributed by atoms with Gasteiger partial charge in [-0.25, -0.2) is 4.98 Å². The van der Waals surface area contributed by atoms with Gasteiger partial charge in [-0.15, -0.1) is 0 Å². The molecule has 3 rings (SSSR count). The summed E-state index contributed by atoms with van der Waals surface area (Å²) >= 11 is 12.4. The zero-order valence-corrected chi connectivity index (χ0v) is 13.8. The first-order valence-electron chi connectivity index (χ1n) is 6.99. The molecule has 3 aromatic rings. The van der Waals surface area contributed by atoms with Crippen LogP contribution in [0.3, 0.4) is 0 Å². The second-order valence-corrected chi connectivity index (χ2v) is 5.91. The number of nitrogens with zero attached hydrogens (tertiary/aromatic N) is 2. The fraction of sp³-hybridized carbons (Fsp3) is 0.118. The van der Waals surface area contributed by atoms with Gasteiger partial charge in [0, 0.05) is 45.7 Å². The first kappa shape index (κ1) is 15.7. The van der Waals surface area contributed by atoms with E-state index in [9.17, 15) is 4.79 Å². The highest BCUT2D eigenvalue weighted by Crippen LogP contribution is 2.26. The van der Waals surface area contributed by atoms with E-state index in [1.54, 1.807) is 43.6 Å². The Balaban J connectivity index is 2.04. The first-order valence-corrected chi connectivity index (χ1v) is 7.75. The Morgan fingerprint density at radius 3 is 2.43 bits per heavy atom. The molecule has 1 N–H and O–H groups in total. The summed E-state index contributed by atoms with van der Waals surface area (Å²) in [6.45, 7) is 1.80. The zero-order valence-electron chi connectivity index (χ0n) is 12.3. The normalized spacial score (nSPS) is 10.7. The largest absolute Gasteiger partial charge is 0.306 e. The summed E-state index contributed by atoms with van der Waals surface area (Å²) in [5, 5.41) is 1.07. The first-order chi connectivity index (χ1) is 11.1. The third kappa shape index (κ3) is 3.28. The molecule has 0 aliphatic rings.